The third kappa shape index (κ3) is 5.08. The predicted octanol–water partition coefficient (Wildman–Crippen LogP) is 7.34. The molecule has 0 saturated carbocycles. The molecular weight excluding hydrogens is 604 g/mol. The van der Waals surface area contributed by atoms with Gasteiger partial charge < -0.3 is 4.42 Å². The zero-order valence-electron chi connectivity index (χ0n) is 19.2. The Morgan fingerprint density at radius 3 is 1.60 bits per heavy atom. The number of halogens is 2. The molecule has 1 aromatic heterocycles. The lowest BCUT2D eigenvalue weighted by Crippen LogP contribution is -2.40. The molecule has 0 saturated heterocycles. The molecular formula is C29H25ClINOPS+. The lowest BCUT2D eigenvalue weighted by molar-refractivity contribution is 0.487. The zero-order chi connectivity index (χ0) is 23.4. The summed E-state index contributed by atoms with van der Waals surface area (Å²) in [4.78, 5) is 5.25. The Hall–Kier alpha value is -2.11. The molecule has 1 heterocycles. The van der Waals surface area contributed by atoms with Crippen molar-refractivity contribution in [1.82, 2.24) is 4.98 Å². The highest BCUT2D eigenvalue weighted by atomic mass is 127. The minimum Gasteiger partial charge on any atom is -0.425 e. The average Bonchev–Trinajstić information content (AvgIpc) is 3.31. The van der Waals surface area contributed by atoms with E-state index < -0.39 is 7.26 Å². The van der Waals surface area contributed by atoms with Crippen molar-refractivity contribution in [2.24, 2.45) is 0 Å². The van der Waals surface area contributed by atoms with E-state index in [1.54, 1.807) is 11.8 Å². The molecule has 4 aromatic carbocycles. The van der Waals surface area contributed by atoms with Gasteiger partial charge in [0, 0.05) is 10.6 Å². The molecule has 0 N–H and O–H groups in total. The van der Waals surface area contributed by atoms with Gasteiger partial charge in [0.15, 0.2) is 7.26 Å². The Morgan fingerprint density at radius 2 is 1.17 bits per heavy atom. The number of hydrogen-bond donors (Lipinski definition) is 0. The van der Waals surface area contributed by atoms with Crippen LogP contribution >= 0.6 is 54.6 Å². The average molecular weight is 629 g/mol. The van der Waals surface area contributed by atoms with Crippen LogP contribution in [-0.4, -0.2) is 10.7 Å². The van der Waals surface area contributed by atoms with E-state index >= 15 is 0 Å². The number of oxazole rings is 1. The molecule has 0 amide bonds. The van der Waals surface area contributed by atoms with Crippen LogP contribution < -0.4 is 21.3 Å². The Bertz CT molecular complexity index is 1270. The molecule has 0 spiro atoms. The molecule has 0 fully saturated rings. The van der Waals surface area contributed by atoms with Gasteiger partial charge in [0.25, 0.3) is 5.44 Å². The minimum absolute atomic E-state index is 0. The Balaban J connectivity index is 0.00000289. The highest BCUT2D eigenvalue weighted by molar-refractivity contribution is 14.0. The van der Waals surface area contributed by atoms with E-state index in [0.717, 1.165) is 21.8 Å². The number of rotatable bonds is 7. The fraction of sp³-hybridized carbons (Fsp3) is 0.0690. The van der Waals surface area contributed by atoms with Crippen LogP contribution in [0.3, 0.4) is 0 Å². The molecule has 176 valence electrons. The number of thioether (sulfide) groups is 1. The van der Waals surface area contributed by atoms with E-state index in [4.69, 9.17) is 21.0 Å². The van der Waals surface area contributed by atoms with Crippen molar-refractivity contribution in [2.75, 3.05) is 5.75 Å². The van der Waals surface area contributed by atoms with E-state index in [1.165, 1.54) is 15.9 Å². The summed E-state index contributed by atoms with van der Waals surface area (Å²) >= 11 is 7.85. The van der Waals surface area contributed by atoms with Crippen molar-refractivity contribution in [2.45, 2.75) is 12.0 Å². The first-order valence-corrected chi connectivity index (χ1v) is 14.3. The summed E-state index contributed by atoms with van der Waals surface area (Å²) in [5, 5.41) is 5.32. The molecule has 2 nitrogen and oxygen atoms in total. The van der Waals surface area contributed by atoms with Gasteiger partial charge in [0.2, 0.25) is 11.0 Å². The van der Waals surface area contributed by atoms with Crippen LogP contribution in [0.4, 0.5) is 0 Å². The van der Waals surface area contributed by atoms with E-state index in [9.17, 15) is 0 Å². The van der Waals surface area contributed by atoms with Crippen LogP contribution in [0.2, 0.25) is 5.02 Å². The maximum absolute atomic E-state index is 6.49. The van der Waals surface area contributed by atoms with E-state index in [0.29, 0.717) is 10.9 Å². The summed E-state index contributed by atoms with van der Waals surface area (Å²) in [7, 11) is -2.33. The Kier molecular flexibility index (Phi) is 8.72. The third-order valence-electron chi connectivity index (χ3n) is 5.69. The topological polar surface area (TPSA) is 26.0 Å². The van der Waals surface area contributed by atoms with E-state index in [1.807, 2.05) is 24.3 Å². The molecule has 0 radical (unpaired) electrons. The molecule has 5 rings (SSSR count). The molecule has 5 aromatic rings. The third-order valence-corrected chi connectivity index (χ3v) is 11.1. The summed E-state index contributed by atoms with van der Waals surface area (Å²) in [6.07, 6.45) is 0. The molecule has 0 aliphatic heterocycles. The van der Waals surface area contributed by atoms with Crippen LogP contribution in [0.5, 0.6) is 0 Å². The van der Waals surface area contributed by atoms with Gasteiger partial charge in [-0.25, -0.2) is 0 Å². The van der Waals surface area contributed by atoms with Gasteiger partial charge in [-0.15, -0.1) is 24.0 Å². The second-order valence-corrected chi connectivity index (χ2v) is 12.7. The smallest absolute Gasteiger partial charge is 0.251 e. The Labute approximate surface area is 233 Å². The van der Waals surface area contributed by atoms with Crippen LogP contribution in [0.15, 0.2) is 125 Å². The molecule has 0 bridgehead atoms. The molecule has 0 aliphatic rings. The van der Waals surface area contributed by atoms with Crippen LogP contribution in [0.25, 0.3) is 11.5 Å². The van der Waals surface area contributed by atoms with Gasteiger partial charge in [-0.1, -0.05) is 84.9 Å². The highest BCUT2D eigenvalue weighted by Gasteiger charge is 2.52. The number of aromatic nitrogens is 1. The second-order valence-electron chi connectivity index (χ2n) is 7.75. The zero-order valence-corrected chi connectivity index (χ0v) is 24.0. The van der Waals surface area contributed by atoms with Crippen molar-refractivity contribution in [3.8, 4) is 11.5 Å². The number of hydrogen-bond acceptors (Lipinski definition) is 3. The second kappa shape index (κ2) is 11.7. The van der Waals surface area contributed by atoms with Gasteiger partial charge in [-0.2, -0.15) is 4.98 Å². The first-order valence-electron chi connectivity index (χ1n) is 11.2. The monoisotopic (exact) mass is 628 g/mol. The van der Waals surface area contributed by atoms with Gasteiger partial charge >= 0.3 is 0 Å². The summed E-state index contributed by atoms with van der Waals surface area (Å²) in [6, 6.07) is 39.9. The normalized spacial score (nSPS) is 11.1. The van der Waals surface area contributed by atoms with Crippen molar-refractivity contribution in [3.05, 3.63) is 120 Å². The summed E-state index contributed by atoms with van der Waals surface area (Å²) in [5.41, 5.74) is 1.92. The minimum atomic E-state index is -2.33. The molecule has 0 atom stereocenters. The summed E-state index contributed by atoms with van der Waals surface area (Å²) < 4.78 is 6.49. The van der Waals surface area contributed by atoms with Gasteiger partial charge in [0.1, 0.15) is 15.9 Å². The van der Waals surface area contributed by atoms with Crippen LogP contribution in [0, 0.1) is 0 Å². The highest BCUT2D eigenvalue weighted by Crippen LogP contribution is 2.56. The summed E-state index contributed by atoms with van der Waals surface area (Å²) in [6.45, 7) is 2.15. The maximum atomic E-state index is 6.49. The first kappa shape index (κ1) is 26.0. The lowest BCUT2D eigenvalue weighted by Gasteiger charge is -2.25. The van der Waals surface area contributed by atoms with Gasteiger partial charge in [-0.3, -0.25) is 0 Å². The Morgan fingerprint density at radius 1 is 0.714 bits per heavy atom. The van der Waals surface area contributed by atoms with E-state index in [2.05, 4.69) is 97.9 Å². The molecule has 35 heavy (non-hydrogen) atoms. The SMILES string of the molecule is CCSc1oc(-c2ccc(Cl)cc2)nc1[P+](c1ccccc1)(c1ccccc1)c1ccccc1.I. The summed E-state index contributed by atoms with van der Waals surface area (Å²) in [5.74, 6) is 1.51. The first-order chi connectivity index (χ1) is 16.7. The van der Waals surface area contributed by atoms with Crippen molar-refractivity contribution in [1.29, 1.82) is 0 Å². The maximum Gasteiger partial charge on any atom is 0.251 e. The largest absolute Gasteiger partial charge is 0.425 e. The molecule has 6 heteroatoms. The predicted molar refractivity (Wildman–Crippen MR) is 164 cm³/mol. The fourth-order valence-electron chi connectivity index (χ4n) is 4.22. The molecule has 0 aliphatic carbocycles. The standard InChI is InChI=1S/C29H24ClNOPS.HI/c1-2-34-29-28(31-27(32-29)22-18-20-23(30)21-19-22)33(24-12-6-3-7-13-24,25-14-8-4-9-15-25)26-16-10-5-11-17-26;/h3-21H,2H2,1H3;1H/q+1;. The van der Waals surface area contributed by atoms with Crippen LogP contribution in [0.1, 0.15) is 6.92 Å². The van der Waals surface area contributed by atoms with E-state index in [-0.39, 0.29) is 24.0 Å². The van der Waals surface area contributed by atoms with Gasteiger partial charge in [-0.05, 0) is 66.4 Å². The van der Waals surface area contributed by atoms with Gasteiger partial charge in [0.05, 0.1) is 0 Å². The quantitative estimate of drug-likeness (QED) is 0.107. The number of benzene rings is 4. The van der Waals surface area contributed by atoms with Crippen molar-refractivity contribution >= 4 is 76.0 Å². The number of nitrogens with zero attached hydrogens (tertiary/aromatic N) is 1. The van der Waals surface area contributed by atoms with Crippen molar-refractivity contribution < 1.29 is 4.42 Å². The fourth-order valence-corrected chi connectivity index (χ4v) is 9.57. The lowest BCUT2D eigenvalue weighted by atomic mass is 10.2. The van der Waals surface area contributed by atoms with Crippen LogP contribution in [-0.2, 0) is 0 Å². The van der Waals surface area contributed by atoms with Crippen molar-refractivity contribution in [3.63, 3.8) is 0 Å². The molecule has 0 unspecified atom stereocenters.